The Morgan fingerprint density at radius 2 is 1.88 bits per heavy atom. The van der Waals surface area contributed by atoms with E-state index < -0.39 is 30.7 Å². The van der Waals surface area contributed by atoms with E-state index >= 15 is 0 Å². The van der Waals surface area contributed by atoms with Crippen LogP contribution in [0.15, 0.2) is 0 Å². The maximum Gasteiger partial charge on any atom is 0.169 e. The zero-order valence-electron chi connectivity index (χ0n) is 9.34. The van der Waals surface area contributed by atoms with Crippen LogP contribution < -0.4 is 0 Å². The summed E-state index contributed by atoms with van der Waals surface area (Å²) in [6, 6.07) is 0. The smallest absolute Gasteiger partial charge is 0.169 e. The maximum absolute atomic E-state index is 9.72. The fourth-order valence-corrected chi connectivity index (χ4v) is 2.45. The highest BCUT2D eigenvalue weighted by molar-refractivity contribution is 4.87. The molecule has 1 spiro atoms. The molecule has 0 aromatic carbocycles. The van der Waals surface area contributed by atoms with Gasteiger partial charge < -0.3 is 24.8 Å². The van der Waals surface area contributed by atoms with Gasteiger partial charge in [0.2, 0.25) is 0 Å². The SMILES string of the molecule is OCC(O)C(O)C1COC2(CCCCC2)O1. The summed E-state index contributed by atoms with van der Waals surface area (Å²) in [6.45, 7) is -0.174. The summed E-state index contributed by atoms with van der Waals surface area (Å²) in [5.74, 6) is -0.543. The summed E-state index contributed by atoms with van der Waals surface area (Å²) >= 11 is 0. The Hall–Kier alpha value is -0.200. The molecule has 2 aliphatic rings. The molecule has 3 unspecified atom stereocenters. The third kappa shape index (κ3) is 2.38. The van der Waals surface area contributed by atoms with E-state index in [9.17, 15) is 10.2 Å². The molecule has 94 valence electrons. The van der Waals surface area contributed by atoms with Gasteiger partial charge in [0.25, 0.3) is 0 Å². The van der Waals surface area contributed by atoms with E-state index in [1.165, 1.54) is 6.42 Å². The standard InChI is InChI=1S/C11H20O5/c12-6-8(13)10(14)9-7-15-11(16-9)4-2-1-3-5-11/h8-10,12-14H,1-7H2. The minimum absolute atomic E-state index is 0.290. The van der Waals surface area contributed by atoms with Gasteiger partial charge in [0.1, 0.15) is 18.3 Å². The van der Waals surface area contributed by atoms with Gasteiger partial charge in [0.15, 0.2) is 5.79 Å². The molecule has 0 bridgehead atoms. The Morgan fingerprint density at radius 3 is 2.50 bits per heavy atom. The number of aliphatic hydroxyl groups is 3. The van der Waals surface area contributed by atoms with Crippen LogP contribution in [0.4, 0.5) is 0 Å². The lowest BCUT2D eigenvalue weighted by Crippen LogP contribution is -2.42. The fraction of sp³-hybridized carbons (Fsp3) is 1.00. The molecule has 0 amide bonds. The summed E-state index contributed by atoms with van der Waals surface area (Å²) in [6.07, 6.45) is 2.29. The largest absolute Gasteiger partial charge is 0.394 e. The van der Waals surface area contributed by atoms with Crippen LogP contribution in [0.5, 0.6) is 0 Å². The number of hydrogen-bond acceptors (Lipinski definition) is 5. The van der Waals surface area contributed by atoms with E-state index in [4.69, 9.17) is 14.6 Å². The van der Waals surface area contributed by atoms with Gasteiger partial charge in [-0.2, -0.15) is 0 Å². The third-order valence-electron chi connectivity index (χ3n) is 3.45. The molecule has 2 fully saturated rings. The molecule has 1 aliphatic carbocycles. The molecule has 5 nitrogen and oxygen atoms in total. The summed E-state index contributed by atoms with van der Waals surface area (Å²) < 4.78 is 11.4. The monoisotopic (exact) mass is 232 g/mol. The first kappa shape index (κ1) is 12.3. The first-order chi connectivity index (χ1) is 7.67. The Labute approximate surface area is 95.0 Å². The summed E-state index contributed by atoms with van der Waals surface area (Å²) in [7, 11) is 0. The second-order valence-electron chi connectivity index (χ2n) is 4.68. The molecule has 3 atom stereocenters. The van der Waals surface area contributed by atoms with Gasteiger partial charge in [-0.25, -0.2) is 0 Å². The molecule has 0 radical (unpaired) electrons. The van der Waals surface area contributed by atoms with Crippen LogP contribution in [0, 0.1) is 0 Å². The molecule has 0 aromatic heterocycles. The highest BCUT2D eigenvalue weighted by Crippen LogP contribution is 2.38. The molecule has 5 heteroatoms. The summed E-state index contributed by atoms with van der Waals surface area (Å²) in [5, 5.41) is 27.8. The first-order valence-corrected chi connectivity index (χ1v) is 5.96. The molecule has 1 saturated carbocycles. The van der Waals surface area contributed by atoms with Gasteiger partial charge in [-0.05, 0) is 12.8 Å². The molecule has 1 heterocycles. The molecule has 1 saturated heterocycles. The number of aliphatic hydroxyl groups excluding tert-OH is 3. The Morgan fingerprint density at radius 1 is 1.19 bits per heavy atom. The van der Waals surface area contributed by atoms with Gasteiger partial charge in [0, 0.05) is 12.8 Å². The fourth-order valence-electron chi connectivity index (χ4n) is 2.45. The van der Waals surface area contributed by atoms with Crippen LogP contribution in [-0.4, -0.2) is 52.6 Å². The van der Waals surface area contributed by atoms with E-state index in [-0.39, 0.29) is 6.61 Å². The van der Waals surface area contributed by atoms with Crippen LogP contribution in [-0.2, 0) is 9.47 Å². The average molecular weight is 232 g/mol. The molecule has 1 aliphatic heterocycles. The van der Waals surface area contributed by atoms with Crippen LogP contribution in [0.3, 0.4) is 0 Å². The van der Waals surface area contributed by atoms with Crippen molar-refractivity contribution in [3.63, 3.8) is 0 Å². The van der Waals surface area contributed by atoms with E-state index in [2.05, 4.69) is 0 Å². The second kappa shape index (κ2) is 4.98. The van der Waals surface area contributed by atoms with Crippen molar-refractivity contribution in [1.82, 2.24) is 0 Å². The minimum Gasteiger partial charge on any atom is -0.394 e. The van der Waals surface area contributed by atoms with Crippen molar-refractivity contribution in [2.24, 2.45) is 0 Å². The van der Waals surface area contributed by atoms with E-state index in [1.807, 2.05) is 0 Å². The van der Waals surface area contributed by atoms with Crippen LogP contribution >= 0.6 is 0 Å². The molecular weight excluding hydrogens is 212 g/mol. The molecule has 16 heavy (non-hydrogen) atoms. The van der Waals surface area contributed by atoms with Crippen molar-refractivity contribution in [3.05, 3.63) is 0 Å². The van der Waals surface area contributed by atoms with Crippen molar-refractivity contribution < 1.29 is 24.8 Å². The topological polar surface area (TPSA) is 79.2 Å². The van der Waals surface area contributed by atoms with Crippen molar-refractivity contribution in [2.45, 2.75) is 56.2 Å². The lowest BCUT2D eigenvalue weighted by atomic mass is 9.94. The second-order valence-corrected chi connectivity index (χ2v) is 4.68. The normalized spacial score (nSPS) is 32.8. The maximum atomic E-state index is 9.72. The predicted molar refractivity (Wildman–Crippen MR) is 55.7 cm³/mol. The number of ether oxygens (including phenoxy) is 2. The van der Waals surface area contributed by atoms with Crippen molar-refractivity contribution >= 4 is 0 Å². The average Bonchev–Trinajstić information content (AvgIpc) is 2.72. The van der Waals surface area contributed by atoms with Gasteiger partial charge in [-0.1, -0.05) is 6.42 Å². The molecule has 2 rings (SSSR count). The van der Waals surface area contributed by atoms with E-state index in [0.29, 0.717) is 0 Å². The lowest BCUT2D eigenvalue weighted by Gasteiger charge is -2.32. The van der Waals surface area contributed by atoms with Crippen molar-refractivity contribution in [1.29, 1.82) is 0 Å². The zero-order valence-corrected chi connectivity index (χ0v) is 9.34. The number of rotatable bonds is 3. The minimum atomic E-state index is -1.16. The van der Waals surface area contributed by atoms with Gasteiger partial charge in [-0.3, -0.25) is 0 Å². The zero-order chi connectivity index (χ0) is 11.6. The van der Waals surface area contributed by atoms with Crippen molar-refractivity contribution in [3.8, 4) is 0 Å². The Kier molecular flexibility index (Phi) is 3.81. The lowest BCUT2D eigenvalue weighted by molar-refractivity contribution is -0.201. The van der Waals surface area contributed by atoms with Crippen LogP contribution in [0.1, 0.15) is 32.1 Å². The number of hydrogen-bond donors (Lipinski definition) is 3. The molecule has 3 N–H and O–H groups in total. The van der Waals surface area contributed by atoms with E-state index in [1.54, 1.807) is 0 Å². The van der Waals surface area contributed by atoms with Crippen molar-refractivity contribution in [2.75, 3.05) is 13.2 Å². The summed E-state index contributed by atoms with van der Waals surface area (Å²) in [5.41, 5.74) is 0. The first-order valence-electron chi connectivity index (χ1n) is 5.96. The summed E-state index contributed by atoms with van der Waals surface area (Å²) in [4.78, 5) is 0. The molecule has 0 aromatic rings. The Balaban J connectivity index is 1.91. The van der Waals surface area contributed by atoms with Crippen LogP contribution in [0.2, 0.25) is 0 Å². The van der Waals surface area contributed by atoms with Crippen LogP contribution in [0.25, 0.3) is 0 Å². The quantitative estimate of drug-likeness (QED) is 0.627. The Bertz CT molecular complexity index is 226. The predicted octanol–water partition coefficient (Wildman–Crippen LogP) is -0.224. The third-order valence-corrected chi connectivity index (χ3v) is 3.45. The van der Waals surface area contributed by atoms with Gasteiger partial charge in [0.05, 0.1) is 13.2 Å². The highest BCUT2D eigenvalue weighted by atomic mass is 16.7. The highest BCUT2D eigenvalue weighted by Gasteiger charge is 2.45. The van der Waals surface area contributed by atoms with E-state index in [0.717, 1.165) is 25.7 Å². The van der Waals surface area contributed by atoms with Gasteiger partial charge >= 0.3 is 0 Å². The molecular formula is C11H20O5. The van der Waals surface area contributed by atoms with Gasteiger partial charge in [-0.15, -0.1) is 0 Å².